The maximum absolute atomic E-state index is 13.7. The summed E-state index contributed by atoms with van der Waals surface area (Å²) >= 11 is 0. The lowest BCUT2D eigenvalue weighted by Crippen LogP contribution is -2.59. The summed E-state index contributed by atoms with van der Waals surface area (Å²) in [5.41, 5.74) is 2.68. The average molecular weight is 562 g/mol. The van der Waals surface area contributed by atoms with Crippen molar-refractivity contribution in [2.75, 3.05) is 20.2 Å². The average Bonchev–Trinajstić information content (AvgIpc) is 2.86. The lowest BCUT2D eigenvalue weighted by atomic mass is 9.83. The van der Waals surface area contributed by atoms with Crippen molar-refractivity contribution in [3.8, 4) is 0 Å². The monoisotopic (exact) mass is 561 g/mol. The number of aliphatic hydroxyl groups excluding tert-OH is 1. The predicted molar refractivity (Wildman–Crippen MR) is 152 cm³/mol. The van der Waals surface area contributed by atoms with Gasteiger partial charge in [-0.3, -0.25) is 0 Å². The number of benzene rings is 2. The lowest BCUT2D eigenvalue weighted by molar-refractivity contribution is 0.000993. The van der Waals surface area contributed by atoms with Gasteiger partial charge in [-0.25, -0.2) is 13.2 Å². The topological polar surface area (TPSA) is 93.1 Å². The fourth-order valence-corrected chi connectivity index (χ4v) is 13.3. The van der Waals surface area contributed by atoms with E-state index < -0.39 is 42.4 Å². The van der Waals surface area contributed by atoms with Crippen LogP contribution in [0.25, 0.3) is 0 Å². The number of aryl methyl sites for hydroxylation is 1. The second kappa shape index (κ2) is 12.0. The Bertz CT molecular complexity index is 1190. The largest absolute Gasteiger partial charge is 0.465 e. The molecule has 0 saturated carbocycles. The van der Waals surface area contributed by atoms with Crippen LogP contribution in [0.5, 0.6) is 0 Å². The number of carbonyl (C=O) groups excluding carboxylic acids is 1. The Morgan fingerprint density at radius 1 is 0.947 bits per heavy atom. The number of ether oxygens (including phenoxy) is 1. The Kier molecular flexibility index (Phi) is 9.63. The second-order valence-electron chi connectivity index (χ2n) is 11.3. The highest BCUT2D eigenvalue weighted by Gasteiger charge is 2.51. The third-order valence-electron chi connectivity index (χ3n) is 8.04. The normalized spacial score (nSPS) is 21.3. The number of methoxy groups -OCH3 is 1. The number of hydrogen-bond acceptors (Lipinski definition) is 6. The summed E-state index contributed by atoms with van der Waals surface area (Å²) in [5.74, 6) is -1.10. The molecule has 210 valence electrons. The number of carbonyl (C=O) groups is 1. The third-order valence-corrected chi connectivity index (χ3v) is 16.0. The maximum atomic E-state index is 13.7. The highest BCUT2D eigenvalue weighted by atomic mass is 32.2. The summed E-state index contributed by atoms with van der Waals surface area (Å²) in [6.07, 6.45) is -1.73. The van der Waals surface area contributed by atoms with Gasteiger partial charge in [0.2, 0.25) is 18.3 Å². The summed E-state index contributed by atoms with van der Waals surface area (Å²) in [5, 5.41) is 11.6. The second-order valence-corrected chi connectivity index (χ2v) is 18.6. The molecule has 1 N–H and O–H groups in total. The molecule has 2 aromatic rings. The van der Waals surface area contributed by atoms with Gasteiger partial charge in [0.15, 0.2) is 0 Å². The molecule has 1 fully saturated rings. The summed E-state index contributed by atoms with van der Waals surface area (Å²) in [6.45, 7) is 14.9. The third kappa shape index (κ3) is 5.77. The van der Waals surface area contributed by atoms with Crippen LogP contribution in [0, 0.1) is 6.92 Å². The van der Waals surface area contributed by atoms with Crippen LogP contribution >= 0.6 is 0 Å². The van der Waals surface area contributed by atoms with Gasteiger partial charge in [0.05, 0.1) is 29.8 Å². The predicted octanol–water partition coefficient (Wildman–Crippen LogP) is 5.49. The van der Waals surface area contributed by atoms with Gasteiger partial charge in [-0.2, -0.15) is 4.31 Å². The van der Waals surface area contributed by atoms with E-state index in [4.69, 9.17) is 9.16 Å². The van der Waals surface area contributed by atoms with Crippen LogP contribution in [0.2, 0.25) is 16.6 Å². The van der Waals surface area contributed by atoms with E-state index in [1.165, 1.54) is 11.4 Å². The van der Waals surface area contributed by atoms with E-state index in [-0.39, 0.29) is 34.6 Å². The fraction of sp³-hybridized carbons (Fsp3) is 0.552. The number of nitrogens with zero attached hydrogens (tertiary/aromatic N) is 1. The van der Waals surface area contributed by atoms with Crippen molar-refractivity contribution in [1.82, 2.24) is 4.31 Å². The molecule has 3 rings (SSSR count). The summed E-state index contributed by atoms with van der Waals surface area (Å²) in [4.78, 5) is 12.9. The van der Waals surface area contributed by atoms with Crippen molar-refractivity contribution in [1.29, 1.82) is 0 Å². The molecule has 0 amide bonds. The Hall–Kier alpha value is -2.04. The molecule has 2 aromatic carbocycles. The first-order valence-electron chi connectivity index (χ1n) is 13.4. The van der Waals surface area contributed by atoms with Crippen LogP contribution in [0.3, 0.4) is 0 Å². The van der Waals surface area contributed by atoms with Gasteiger partial charge in [-0.05, 0) is 47.3 Å². The molecule has 1 aliphatic rings. The quantitative estimate of drug-likeness (QED) is 0.321. The first-order chi connectivity index (χ1) is 17.8. The van der Waals surface area contributed by atoms with E-state index in [2.05, 4.69) is 41.5 Å². The Balaban J connectivity index is 2.16. The molecule has 1 aliphatic heterocycles. The van der Waals surface area contributed by atoms with Crippen molar-refractivity contribution in [3.63, 3.8) is 0 Å². The number of β-amino-alcohol motifs (C(OH)–C–C–N with tert-alkyl or cyclic N) is 1. The number of piperidine rings is 1. The Morgan fingerprint density at radius 2 is 1.50 bits per heavy atom. The summed E-state index contributed by atoms with van der Waals surface area (Å²) in [7, 11) is -5.05. The maximum Gasteiger partial charge on any atom is 0.338 e. The molecular weight excluding hydrogens is 518 g/mol. The molecule has 3 atom stereocenters. The van der Waals surface area contributed by atoms with Crippen molar-refractivity contribution < 1.29 is 27.5 Å². The minimum absolute atomic E-state index is 0.0777. The van der Waals surface area contributed by atoms with Gasteiger partial charge < -0.3 is 14.3 Å². The van der Waals surface area contributed by atoms with Crippen LogP contribution in [0.15, 0.2) is 53.4 Å². The number of aliphatic hydroxyl groups is 1. The Labute approximate surface area is 229 Å². The van der Waals surface area contributed by atoms with Crippen LogP contribution < -0.4 is 0 Å². The zero-order valence-corrected chi connectivity index (χ0v) is 25.7. The number of esters is 1. The SMILES string of the molecule is COC(=O)c1ccccc1[C@@H]1[C@@H](O)CN(S(=O)(=O)c2ccc(C)cc2)C[C@H]1O[Si](C(C)C)(C(C)C)C(C)C. The molecule has 0 aliphatic carbocycles. The standard InChI is InChI=1S/C29H43NO6SSi/c1-19(2)38(20(3)4,21(5)6)36-27-18-30(37(33,34)23-15-13-22(7)14-16-23)17-26(31)28(27)24-11-9-10-12-25(24)29(32)35-8/h9-16,19-21,26-28,31H,17-18H2,1-8H3/t26-,27+,28+/m0/s1. The van der Waals surface area contributed by atoms with Crippen molar-refractivity contribution >= 4 is 24.3 Å². The van der Waals surface area contributed by atoms with Crippen molar-refractivity contribution in [3.05, 3.63) is 65.2 Å². The van der Waals surface area contributed by atoms with E-state index in [1.807, 2.05) is 19.1 Å². The molecule has 38 heavy (non-hydrogen) atoms. The van der Waals surface area contributed by atoms with Crippen LogP contribution in [0.4, 0.5) is 0 Å². The van der Waals surface area contributed by atoms with E-state index >= 15 is 0 Å². The van der Waals surface area contributed by atoms with Crippen LogP contribution in [0.1, 0.15) is 68.9 Å². The highest BCUT2D eigenvalue weighted by molar-refractivity contribution is 7.89. The van der Waals surface area contributed by atoms with Crippen LogP contribution in [-0.4, -0.2) is 64.5 Å². The molecule has 0 unspecified atom stereocenters. The molecule has 0 spiro atoms. The molecule has 0 bridgehead atoms. The smallest absolute Gasteiger partial charge is 0.338 e. The first kappa shape index (κ1) is 30.5. The van der Waals surface area contributed by atoms with E-state index in [0.29, 0.717) is 11.1 Å². The molecule has 1 heterocycles. The van der Waals surface area contributed by atoms with Gasteiger partial charge >= 0.3 is 5.97 Å². The van der Waals surface area contributed by atoms with Crippen molar-refractivity contribution in [2.45, 2.75) is 88.1 Å². The molecule has 9 heteroatoms. The van der Waals surface area contributed by atoms with Gasteiger partial charge in [0.1, 0.15) is 0 Å². The van der Waals surface area contributed by atoms with Gasteiger partial charge in [0, 0.05) is 19.0 Å². The minimum Gasteiger partial charge on any atom is -0.465 e. The van der Waals surface area contributed by atoms with Gasteiger partial charge in [-0.1, -0.05) is 77.4 Å². The Morgan fingerprint density at radius 3 is 2.03 bits per heavy atom. The zero-order chi connectivity index (χ0) is 28.4. The number of sulfonamides is 1. The highest BCUT2D eigenvalue weighted by Crippen LogP contribution is 2.46. The summed E-state index contributed by atoms with van der Waals surface area (Å²) < 4.78 is 41.0. The van der Waals surface area contributed by atoms with Crippen molar-refractivity contribution in [2.24, 2.45) is 0 Å². The van der Waals surface area contributed by atoms with Gasteiger partial charge in [-0.15, -0.1) is 0 Å². The molecular formula is C29H43NO6SSi. The van der Waals surface area contributed by atoms with Crippen LogP contribution in [-0.2, 0) is 19.2 Å². The van der Waals surface area contributed by atoms with E-state index in [0.717, 1.165) is 5.56 Å². The molecule has 0 aromatic heterocycles. The number of rotatable bonds is 9. The number of hydrogen-bond donors (Lipinski definition) is 1. The van der Waals surface area contributed by atoms with Gasteiger partial charge in [0.25, 0.3) is 0 Å². The first-order valence-corrected chi connectivity index (χ1v) is 16.9. The van der Waals surface area contributed by atoms with E-state index in [9.17, 15) is 18.3 Å². The summed E-state index contributed by atoms with van der Waals surface area (Å²) in [6, 6.07) is 13.8. The minimum atomic E-state index is -3.88. The molecule has 0 radical (unpaired) electrons. The molecule has 7 nitrogen and oxygen atoms in total. The zero-order valence-electron chi connectivity index (χ0n) is 23.8. The fourth-order valence-electron chi connectivity index (χ4n) is 6.29. The lowest BCUT2D eigenvalue weighted by Gasteiger charge is -2.49. The van der Waals surface area contributed by atoms with E-state index in [1.54, 1.807) is 36.4 Å². The molecule has 1 saturated heterocycles.